The van der Waals surface area contributed by atoms with Crippen LogP contribution >= 0.6 is 0 Å². The van der Waals surface area contributed by atoms with E-state index in [2.05, 4.69) is 25.5 Å². The standard InChI is InChI=1S/C12H24O4S/c1-12(2,3)9-7-6-8-10(11(13)16-4)17(5,14)15/h10H,6-9H2,1-5H3. The molecule has 0 bridgehead atoms. The van der Waals surface area contributed by atoms with Crippen molar-refractivity contribution in [1.29, 1.82) is 0 Å². The highest BCUT2D eigenvalue weighted by atomic mass is 32.2. The first-order valence-electron chi connectivity index (χ1n) is 5.84. The highest BCUT2D eigenvalue weighted by molar-refractivity contribution is 7.92. The third-order valence-corrected chi connectivity index (χ3v) is 4.09. The van der Waals surface area contributed by atoms with E-state index in [0.29, 0.717) is 6.42 Å². The monoisotopic (exact) mass is 264 g/mol. The number of methoxy groups -OCH3 is 1. The molecule has 0 rings (SSSR count). The Bertz CT molecular complexity index is 338. The van der Waals surface area contributed by atoms with Gasteiger partial charge in [0.05, 0.1) is 7.11 Å². The summed E-state index contributed by atoms with van der Waals surface area (Å²) in [5.41, 5.74) is 0.242. The number of unbranched alkanes of at least 4 members (excludes halogenated alkanes) is 1. The Hall–Kier alpha value is -0.580. The van der Waals surface area contributed by atoms with E-state index < -0.39 is 21.1 Å². The van der Waals surface area contributed by atoms with Crippen LogP contribution in [0.15, 0.2) is 0 Å². The molecular formula is C12H24O4S. The fourth-order valence-electron chi connectivity index (χ4n) is 1.62. The third kappa shape index (κ3) is 7.36. The summed E-state index contributed by atoms with van der Waals surface area (Å²) in [4.78, 5) is 11.3. The molecule has 0 saturated carbocycles. The first-order chi connectivity index (χ1) is 7.58. The summed E-state index contributed by atoms with van der Waals surface area (Å²) in [7, 11) is -2.15. The maximum atomic E-state index is 11.4. The van der Waals surface area contributed by atoms with E-state index in [-0.39, 0.29) is 5.41 Å². The zero-order valence-corrected chi connectivity index (χ0v) is 12.3. The SMILES string of the molecule is COC(=O)C(CCCCC(C)(C)C)S(C)(=O)=O. The summed E-state index contributed by atoms with van der Waals surface area (Å²) in [6, 6.07) is 0. The minimum absolute atomic E-state index is 0.242. The summed E-state index contributed by atoms with van der Waals surface area (Å²) < 4.78 is 27.4. The van der Waals surface area contributed by atoms with Crippen LogP contribution < -0.4 is 0 Å². The Balaban J connectivity index is 4.26. The summed E-state index contributed by atoms with van der Waals surface area (Å²) >= 11 is 0. The van der Waals surface area contributed by atoms with Gasteiger partial charge in [0.1, 0.15) is 0 Å². The van der Waals surface area contributed by atoms with Crippen LogP contribution in [0.5, 0.6) is 0 Å². The molecule has 17 heavy (non-hydrogen) atoms. The van der Waals surface area contributed by atoms with Gasteiger partial charge in [0, 0.05) is 6.26 Å². The zero-order valence-electron chi connectivity index (χ0n) is 11.4. The second-order valence-electron chi connectivity index (χ2n) is 5.65. The molecule has 5 heteroatoms. The Morgan fingerprint density at radius 1 is 1.24 bits per heavy atom. The molecule has 4 nitrogen and oxygen atoms in total. The van der Waals surface area contributed by atoms with E-state index in [1.54, 1.807) is 0 Å². The second kappa shape index (κ2) is 6.38. The summed E-state index contributed by atoms with van der Waals surface area (Å²) in [5, 5.41) is -1.01. The first kappa shape index (κ1) is 16.4. The van der Waals surface area contributed by atoms with Gasteiger partial charge in [-0.3, -0.25) is 4.79 Å². The number of esters is 1. The van der Waals surface area contributed by atoms with E-state index in [1.807, 2.05) is 0 Å². The predicted molar refractivity (Wildman–Crippen MR) is 68.6 cm³/mol. The van der Waals surface area contributed by atoms with Crippen LogP contribution in [-0.2, 0) is 19.4 Å². The molecule has 0 N–H and O–H groups in total. The van der Waals surface area contributed by atoms with E-state index in [9.17, 15) is 13.2 Å². The smallest absolute Gasteiger partial charge is 0.324 e. The van der Waals surface area contributed by atoms with Gasteiger partial charge in [-0.1, -0.05) is 33.6 Å². The third-order valence-electron chi connectivity index (χ3n) is 2.62. The Labute approximate surface area is 105 Å². The number of rotatable bonds is 6. The minimum Gasteiger partial charge on any atom is -0.468 e. The molecule has 1 unspecified atom stereocenters. The molecule has 0 aromatic heterocycles. The lowest BCUT2D eigenvalue weighted by Gasteiger charge is -2.18. The van der Waals surface area contributed by atoms with Gasteiger partial charge >= 0.3 is 5.97 Å². The Morgan fingerprint density at radius 3 is 2.12 bits per heavy atom. The number of carbonyl (C=O) groups is 1. The lowest BCUT2D eigenvalue weighted by atomic mass is 9.89. The molecule has 1 atom stereocenters. The Kier molecular flexibility index (Phi) is 6.16. The minimum atomic E-state index is -3.37. The van der Waals surface area contributed by atoms with Crippen LogP contribution in [0.4, 0.5) is 0 Å². The number of hydrogen-bond donors (Lipinski definition) is 0. The normalized spacial score (nSPS) is 14.4. The number of hydrogen-bond acceptors (Lipinski definition) is 4. The predicted octanol–water partition coefficient (Wildman–Crippen LogP) is 2.18. The average molecular weight is 264 g/mol. The number of ether oxygens (including phenoxy) is 1. The second-order valence-corrected chi connectivity index (χ2v) is 7.88. The summed E-state index contributed by atoms with van der Waals surface area (Å²) in [6.07, 6.45) is 4.10. The molecule has 0 heterocycles. The van der Waals surface area contributed by atoms with Gasteiger partial charge < -0.3 is 4.74 Å². The molecule has 102 valence electrons. The van der Waals surface area contributed by atoms with Crippen LogP contribution in [0.1, 0.15) is 46.5 Å². The van der Waals surface area contributed by atoms with Crippen molar-refractivity contribution in [2.24, 2.45) is 5.41 Å². The fraction of sp³-hybridized carbons (Fsp3) is 0.917. The number of sulfone groups is 1. The topological polar surface area (TPSA) is 60.4 Å². The molecule has 0 aromatic carbocycles. The molecule has 0 spiro atoms. The molecule has 0 aliphatic heterocycles. The van der Waals surface area contributed by atoms with Crippen molar-refractivity contribution < 1.29 is 17.9 Å². The molecule has 0 radical (unpaired) electrons. The highest BCUT2D eigenvalue weighted by Gasteiger charge is 2.29. The molecule has 0 aliphatic rings. The molecule has 0 saturated heterocycles. The van der Waals surface area contributed by atoms with Gasteiger partial charge in [0.15, 0.2) is 15.1 Å². The molecule has 0 aliphatic carbocycles. The van der Waals surface area contributed by atoms with E-state index in [0.717, 1.165) is 25.5 Å². The van der Waals surface area contributed by atoms with Crippen LogP contribution in [0.2, 0.25) is 0 Å². The highest BCUT2D eigenvalue weighted by Crippen LogP contribution is 2.23. The molecule has 0 amide bonds. The first-order valence-corrected chi connectivity index (χ1v) is 7.80. The van der Waals surface area contributed by atoms with Crippen molar-refractivity contribution in [3.63, 3.8) is 0 Å². The van der Waals surface area contributed by atoms with Crippen LogP contribution in [0.3, 0.4) is 0 Å². The van der Waals surface area contributed by atoms with E-state index >= 15 is 0 Å². The van der Waals surface area contributed by atoms with Gasteiger partial charge in [-0.05, 0) is 18.3 Å². The summed E-state index contributed by atoms with van der Waals surface area (Å²) in [5.74, 6) is -0.650. The van der Waals surface area contributed by atoms with Gasteiger partial charge in [-0.15, -0.1) is 0 Å². The van der Waals surface area contributed by atoms with Crippen LogP contribution in [0.25, 0.3) is 0 Å². The van der Waals surface area contributed by atoms with Crippen molar-refractivity contribution in [2.75, 3.05) is 13.4 Å². The van der Waals surface area contributed by atoms with Gasteiger partial charge in [0.2, 0.25) is 0 Å². The van der Waals surface area contributed by atoms with E-state index in [4.69, 9.17) is 0 Å². The van der Waals surface area contributed by atoms with Crippen LogP contribution in [-0.4, -0.2) is 33.0 Å². The fourth-order valence-corrected chi connectivity index (χ4v) is 2.66. The maximum absolute atomic E-state index is 11.4. The summed E-state index contributed by atoms with van der Waals surface area (Å²) in [6.45, 7) is 6.42. The van der Waals surface area contributed by atoms with Crippen LogP contribution in [0, 0.1) is 5.41 Å². The molecular weight excluding hydrogens is 240 g/mol. The quantitative estimate of drug-likeness (QED) is 0.545. The average Bonchev–Trinajstić information content (AvgIpc) is 2.13. The molecule has 0 fully saturated rings. The van der Waals surface area contributed by atoms with Gasteiger partial charge in [0.25, 0.3) is 0 Å². The van der Waals surface area contributed by atoms with Crippen molar-refractivity contribution in [3.8, 4) is 0 Å². The lowest BCUT2D eigenvalue weighted by molar-refractivity contribution is -0.140. The van der Waals surface area contributed by atoms with Crippen molar-refractivity contribution in [1.82, 2.24) is 0 Å². The Morgan fingerprint density at radius 2 is 1.76 bits per heavy atom. The van der Waals surface area contributed by atoms with Crippen molar-refractivity contribution in [3.05, 3.63) is 0 Å². The largest absolute Gasteiger partial charge is 0.468 e. The number of carbonyl (C=O) groups excluding carboxylic acids is 1. The van der Waals surface area contributed by atoms with Crippen molar-refractivity contribution in [2.45, 2.75) is 51.7 Å². The molecule has 0 aromatic rings. The van der Waals surface area contributed by atoms with Gasteiger partial charge in [-0.25, -0.2) is 8.42 Å². The van der Waals surface area contributed by atoms with E-state index in [1.165, 1.54) is 7.11 Å². The van der Waals surface area contributed by atoms with Gasteiger partial charge in [-0.2, -0.15) is 0 Å². The van der Waals surface area contributed by atoms with Crippen molar-refractivity contribution >= 4 is 15.8 Å². The maximum Gasteiger partial charge on any atom is 0.324 e. The lowest BCUT2D eigenvalue weighted by Crippen LogP contribution is -2.30. The zero-order chi connectivity index (χ0) is 13.7.